The summed E-state index contributed by atoms with van der Waals surface area (Å²) in [4.78, 5) is 5.28. The van der Waals surface area contributed by atoms with Crippen LogP contribution in [0.4, 0.5) is 0 Å². The van der Waals surface area contributed by atoms with Crippen LogP contribution in [0.15, 0.2) is 197 Å². The molecule has 0 amide bonds. The summed E-state index contributed by atoms with van der Waals surface area (Å²) in [6, 6.07) is 66.6. The SMILES string of the molecule is c1ccc(C2=c3ccccc3=NC(c3cccc4oc5c(-n6c7cc(-c8ccccc8)ccc7c7ccc(-c8ccccc8)cc76)cccc5c34)N2)cc1. The summed E-state index contributed by atoms with van der Waals surface area (Å²) >= 11 is 0. The van der Waals surface area contributed by atoms with Gasteiger partial charge in [-0.25, -0.2) is 0 Å². The highest BCUT2D eigenvalue weighted by atomic mass is 16.3. The third-order valence-electron chi connectivity index (χ3n) is 10.8. The fourth-order valence-corrected chi connectivity index (χ4v) is 8.34. The second-order valence-corrected chi connectivity index (χ2v) is 13.9. The van der Waals surface area contributed by atoms with Crippen molar-refractivity contribution < 1.29 is 4.42 Å². The molecule has 0 saturated carbocycles. The Morgan fingerprint density at radius 1 is 0.481 bits per heavy atom. The second kappa shape index (κ2) is 12.2. The molecule has 1 atom stereocenters. The van der Waals surface area contributed by atoms with Crippen molar-refractivity contribution in [3.63, 3.8) is 0 Å². The zero-order valence-electron chi connectivity index (χ0n) is 29.3. The Balaban J connectivity index is 1.16. The minimum Gasteiger partial charge on any atom is -0.454 e. The van der Waals surface area contributed by atoms with Crippen LogP contribution in [0.1, 0.15) is 17.3 Å². The van der Waals surface area contributed by atoms with Crippen LogP contribution < -0.4 is 15.9 Å². The number of fused-ring (bicyclic) bond motifs is 7. The first-order valence-corrected chi connectivity index (χ1v) is 18.4. The van der Waals surface area contributed by atoms with Crippen LogP contribution in [0.3, 0.4) is 0 Å². The van der Waals surface area contributed by atoms with Gasteiger partial charge in [0.05, 0.1) is 27.8 Å². The van der Waals surface area contributed by atoms with E-state index in [0.29, 0.717) is 0 Å². The minimum absolute atomic E-state index is 0.307. The van der Waals surface area contributed by atoms with Gasteiger partial charge in [-0.15, -0.1) is 0 Å². The van der Waals surface area contributed by atoms with Crippen LogP contribution >= 0.6 is 0 Å². The zero-order valence-corrected chi connectivity index (χ0v) is 29.3. The van der Waals surface area contributed by atoms with Gasteiger partial charge in [-0.2, -0.15) is 0 Å². The second-order valence-electron chi connectivity index (χ2n) is 13.9. The number of nitrogens with zero attached hydrogens (tertiary/aromatic N) is 2. The molecule has 10 aromatic rings. The Hall–Kier alpha value is -7.17. The first-order chi connectivity index (χ1) is 26.8. The Bertz CT molecular complexity index is 3080. The first kappa shape index (κ1) is 30.5. The Kier molecular flexibility index (Phi) is 6.89. The lowest BCUT2D eigenvalue weighted by Crippen LogP contribution is -2.39. The monoisotopic (exact) mass is 691 g/mol. The minimum atomic E-state index is -0.307. The molecular weight excluding hydrogens is 659 g/mol. The van der Waals surface area contributed by atoms with Crippen LogP contribution in [0, 0.1) is 0 Å². The molecule has 1 unspecified atom stereocenters. The van der Waals surface area contributed by atoms with Gasteiger partial charge in [-0.05, 0) is 58.1 Å². The van der Waals surface area contributed by atoms with E-state index in [1.165, 1.54) is 33.0 Å². The lowest BCUT2D eigenvalue weighted by molar-refractivity contribution is 0.636. The zero-order chi connectivity index (χ0) is 35.6. The Morgan fingerprint density at radius 3 is 1.74 bits per heavy atom. The average molecular weight is 692 g/mol. The maximum atomic E-state index is 6.95. The standard InChI is InChI=1S/C50H33N3O/c1-4-14-32(15-5-1)35-26-28-37-38-29-27-36(33-16-6-2-7-17-33)31-45(38)53(44(37)30-35)43-24-12-21-40-47-41(22-13-25-46(47)54-49(40)43)50-51-42-23-11-10-20-39(42)48(52-50)34-18-8-3-9-19-34/h1-31,50,52H. The summed E-state index contributed by atoms with van der Waals surface area (Å²) in [5, 5.41) is 10.4. The van der Waals surface area contributed by atoms with E-state index in [1.807, 2.05) is 0 Å². The number of hydrogen-bond donors (Lipinski definition) is 1. The van der Waals surface area contributed by atoms with Gasteiger partial charge in [-0.1, -0.05) is 158 Å². The van der Waals surface area contributed by atoms with Crippen LogP contribution in [0.5, 0.6) is 0 Å². The summed E-state index contributed by atoms with van der Waals surface area (Å²) in [6.45, 7) is 0. The van der Waals surface area contributed by atoms with E-state index < -0.39 is 0 Å². The van der Waals surface area contributed by atoms with Crippen LogP contribution in [0.25, 0.3) is 77.4 Å². The molecule has 0 saturated heterocycles. The van der Waals surface area contributed by atoms with E-state index in [2.05, 4.69) is 198 Å². The number of rotatable bonds is 5. The van der Waals surface area contributed by atoms with Crippen molar-refractivity contribution in [3.05, 3.63) is 210 Å². The number of para-hydroxylation sites is 2. The quantitative estimate of drug-likeness (QED) is 0.195. The summed E-state index contributed by atoms with van der Waals surface area (Å²) < 4.78 is 9.35. The van der Waals surface area contributed by atoms with E-state index in [-0.39, 0.29) is 6.17 Å². The van der Waals surface area contributed by atoms with Crippen molar-refractivity contribution in [2.45, 2.75) is 6.17 Å². The number of nitrogens with one attached hydrogen (secondary N) is 1. The fourth-order valence-electron chi connectivity index (χ4n) is 8.34. The van der Waals surface area contributed by atoms with Gasteiger partial charge in [0.15, 0.2) is 5.58 Å². The maximum absolute atomic E-state index is 6.95. The number of hydrogen-bond acceptors (Lipinski definition) is 3. The molecule has 0 fully saturated rings. The lowest BCUT2D eigenvalue weighted by Gasteiger charge is -2.23. The fraction of sp³-hybridized carbons (Fsp3) is 0.0200. The molecule has 4 heteroatoms. The van der Waals surface area contributed by atoms with Gasteiger partial charge in [0, 0.05) is 32.3 Å². The highest BCUT2D eigenvalue weighted by Crippen LogP contribution is 2.42. The van der Waals surface area contributed by atoms with Crippen LogP contribution in [0.2, 0.25) is 0 Å². The lowest BCUT2D eigenvalue weighted by atomic mass is 10.0. The first-order valence-electron chi connectivity index (χ1n) is 18.4. The summed E-state index contributed by atoms with van der Waals surface area (Å²) in [6.07, 6.45) is -0.307. The van der Waals surface area contributed by atoms with E-state index in [1.54, 1.807) is 0 Å². The molecule has 4 nitrogen and oxygen atoms in total. The molecule has 1 aliphatic heterocycles. The predicted molar refractivity (Wildman–Crippen MR) is 221 cm³/mol. The van der Waals surface area contributed by atoms with Crippen molar-refractivity contribution in [1.29, 1.82) is 0 Å². The van der Waals surface area contributed by atoms with Crippen LogP contribution in [-0.4, -0.2) is 4.57 Å². The van der Waals surface area contributed by atoms with Crippen molar-refractivity contribution in [1.82, 2.24) is 9.88 Å². The Morgan fingerprint density at radius 2 is 1.07 bits per heavy atom. The molecular formula is C50H33N3O. The smallest absolute Gasteiger partial charge is 0.159 e. The van der Waals surface area contributed by atoms with Gasteiger partial charge in [0.2, 0.25) is 0 Å². The summed E-state index contributed by atoms with van der Waals surface area (Å²) in [5.74, 6) is 0. The van der Waals surface area contributed by atoms with E-state index in [0.717, 1.165) is 66.1 Å². The third kappa shape index (κ3) is 4.81. The average Bonchev–Trinajstić information content (AvgIpc) is 3.79. The highest BCUT2D eigenvalue weighted by molar-refractivity contribution is 6.14. The Labute approximate surface area is 311 Å². The molecule has 0 radical (unpaired) electrons. The largest absolute Gasteiger partial charge is 0.454 e. The van der Waals surface area contributed by atoms with E-state index >= 15 is 0 Å². The van der Waals surface area contributed by atoms with Gasteiger partial charge in [0.25, 0.3) is 0 Å². The molecule has 254 valence electrons. The predicted octanol–water partition coefficient (Wildman–Crippen LogP) is 11.1. The molecule has 8 aromatic carbocycles. The molecule has 1 aliphatic rings. The molecule has 3 heterocycles. The van der Waals surface area contributed by atoms with Crippen LogP contribution in [-0.2, 0) is 0 Å². The van der Waals surface area contributed by atoms with Crippen molar-refractivity contribution in [2.75, 3.05) is 0 Å². The van der Waals surface area contributed by atoms with Gasteiger partial charge < -0.3 is 14.3 Å². The molecule has 0 bridgehead atoms. The van der Waals surface area contributed by atoms with Gasteiger partial charge in [-0.3, -0.25) is 4.99 Å². The van der Waals surface area contributed by atoms with Gasteiger partial charge >= 0.3 is 0 Å². The molecule has 0 spiro atoms. The van der Waals surface area contributed by atoms with E-state index in [9.17, 15) is 0 Å². The number of aromatic nitrogens is 1. The third-order valence-corrected chi connectivity index (χ3v) is 10.8. The van der Waals surface area contributed by atoms with E-state index in [4.69, 9.17) is 9.41 Å². The molecule has 1 N–H and O–H groups in total. The summed E-state index contributed by atoms with van der Waals surface area (Å²) in [5.41, 5.74) is 12.9. The number of benzene rings is 8. The molecule has 2 aromatic heterocycles. The summed E-state index contributed by atoms with van der Waals surface area (Å²) in [7, 11) is 0. The number of furan rings is 1. The molecule has 0 aliphatic carbocycles. The highest BCUT2D eigenvalue weighted by Gasteiger charge is 2.24. The van der Waals surface area contributed by atoms with Gasteiger partial charge in [0.1, 0.15) is 11.7 Å². The van der Waals surface area contributed by atoms with Crippen molar-refractivity contribution in [2.24, 2.45) is 4.99 Å². The normalized spacial score (nSPS) is 14.0. The topological polar surface area (TPSA) is 42.5 Å². The maximum Gasteiger partial charge on any atom is 0.159 e. The molecule has 11 rings (SSSR count). The molecule has 54 heavy (non-hydrogen) atoms. The van der Waals surface area contributed by atoms with Crippen molar-refractivity contribution in [3.8, 4) is 27.9 Å². The van der Waals surface area contributed by atoms with Crippen molar-refractivity contribution >= 4 is 49.4 Å².